The molecule has 1 saturated heterocycles. The van der Waals surface area contributed by atoms with Gasteiger partial charge in [-0.2, -0.15) is 0 Å². The van der Waals surface area contributed by atoms with Gasteiger partial charge in [-0.05, 0) is 18.9 Å². The van der Waals surface area contributed by atoms with Crippen molar-refractivity contribution >= 4 is 51.9 Å². The number of rotatable bonds is 2. The van der Waals surface area contributed by atoms with Gasteiger partial charge in [-0.1, -0.05) is 34.7 Å². The molecule has 1 heterocycles. The van der Waals surface area contributed by atoms with Crippen molar-refractivity contribution in [3.63, 3.8) is 0 Å². The average molecular weight is 418 g/mol. The largest absolute Gasteiger partial charge is 0.496 e. The molecule has 3 rings (SSSR count). The molecule has 1 aromatic rings. The predicted octanol–water partition coefficient (Wildman–Crippen LogP) is 4.32. The van der Waals surface area contributed by atoms with E-state index in [-0.39, 0.29) is 5.78 Å². The van der Waals surface area contributed by atoms with Gasteiger partial charge in [-0.3, -0.25) is 4.79 Å². The van der Waals surface area contributed by atoms with E-state index in [0.717, 1.165) is 45.5 Å². The van der Waals surface area contributed by atoms with Crippen LogP contribution in [0.4, 0.5) is 0 Å². The van der Waals surface area contributed by atoms with E-state index in [2.05, 4.69) is 22.6 Å². The maximum absolute atomic E-state index is 12.7. The van der Waals surface area contributed by atoms with E-state index in [9.17, 15) is 4.79 Å². The van der Waals surface area contributed by atoms with Crippen molar-refractivity contribution in [2.75, 3.05) is 17.3 Å². The molecule has 2 nitrogen and oxygen atoms in total. The summed E-state index contributed by atoms with van der Waals surface area (Å²) in [5, 5.41) is 0.655. The highest BCUT2D eigenvalue weighted by Gasteiger charge is 2.30. The smallest absolute Gasteiger partial charge is 0.191 e. The lowest BCUT2D eigenvalue weighted by Gasteiger charge is -2.20. The third kappa shape index (κ3) is 2.64. The van der Waals surface area contributed by atoms with Crippen molar-refractivity contribution in [1.29, 1.82) is 0 Å². The van der Waals surface area contributed by atoms with E-state index in [1.165, 1.54) is 4.24 Å². The summed E-state index contributed by atoms with van der Waals surface area (Å²) in [4.78, 5) is 12.7. The molecule has 2 aliphatic rings. The zero-order valence-corrected chi connectivity index (χ0v) is 14.9. The Labute approximate surface area is 141 Å². The third-order valence-corrected chi connectivity index (χ3v) is 8.31. The van der Waals surface area contributed by atoms with Gasteiger partial charge in [0.05, 0.1) is 7.11 Å². The molecule has 0 N–H and O–H groups in total. The van der Waals surface area contributed by atoms with Crippen LogP contribution in [-0.2, 0) is 6.42 Å². The molecular formula is C15H15IO2S2. The predicted molar refractivity (Wildman–Crippen MR) is 95.4 cm³/mol. The van der Waals surface area contributed by atoms with Gasteiger partial charge in [0.2, 0.25) is 0 Å². The first kappa shape index (κ1) is 14.8. The summed E-state index contributed by atoms with van der Waals surface area (Å²) in [7, 11) is 1.67. The van der Waals surface area contributed by atoms with Crippen LogP contribution in [0.2, 0.25) is 0 Å². The fourth-order valence-corrected chi connectivity index (χ4v) is 6.73. The van der Waals surface area contributed by atoms with Gasteiger partial charge in [-0.15, -0.1) is 23.5 Å². The first-order valence-electron chi connectivity index (χ1n) is 6.53. The number of carbonyl (C=O) groups is 1. The molecule has 1 aromatic carbocycles. The van der Waals surface area contributed by atoms with Crippen LogP contribution in [0.15, 0.2) is 28.0 Å². The van der Waals surface area contributed by atoms with Crippen molar-refractivity contribution in [3.05, 3.63) is 39.1 Å². The Kier molecular flexibility index (Phi) is 4.67. The van der Waals surface area contributed by atoms with E-state index in [1.54, 1.807) is 7.11 Å². The third-order valence-electron chi connectivity index (χ3n) is 3.59. The molecule has 20 heavy (non-hydrogen) atoms. The van der Waals surface area contributed by atoms with E-state index in [4.69, 9.17) is 4.74 Å². The van der Waals surface area contributed by atoms with Crippen LogP contribution < -0.4 is 4.74 Å². The number of methoxy groups -OCH3 is 1. The molecule has 0 spiro atoms. The lowest BCUT2D eigenvalue weighted by Crippen LogP contribution is -2.15. The Morgan fingerprint density at radius 1 is 1.40 bits per heavy atom. The zero-order chi connectivity index (χ0) is 14.1. The van der Waals surface area contributed by atoms with Crippen LogP contribution in [0.25, 0.3) is 0 Å². The molecular weight excluding hydrogens is 403 g/mol. The second-order valence-electron chi connectivity index (χ2n) is 4.79. The van der Waals surface area contributed by atoms with Crippen LogP contribution >= 0.6 is 46.1 Å². The summed E-state index contributed by atoms with van der Waals surface area (Å²) < 4.78 is 7.77. The number of halogens is 1. The Hall–Kier alpha value is -0.140. The highest BCUT2D eigenvalue weighted by molar-refractivity contribution is 14.1. The molecule has 1 atom stereocenters. The number of allylic oxidation sites excluding steroid dienone is 1. The number of carbonyl (C=O) groups excluding carboxylic acids is 1. The Bertz CT molecular complexity index is 583. The van der Waals surface area contributed by atoms with Gasteiger partial charge in [0, 0.05) is 36.4 Å². The van der Waals surface area contributed by atoms with Crippen molar-refractivity contribution in [1.82, 2.24) is 0 Å². The first-order valence-corrected chi connectivity index (χ1v) is 9.92. The number of hydrogen-bond donors (Lipinski definition) is 0. The molecule has 5 heteroatoms. The minimum Gasteiger partial charge on any atom is -0.496 e. The summed E-state index contributed by atoms with van der Waals surface area (Å²) in [6.07, 6.45) is 1.75. The van der Waals surface area contributed by atoms with Crippen LogP contribution in [-0.4, -0.2) is 28.3 Å². The number of ether oxygens (including phenoxy) is 1. The second-order valence-corrected chi connectivity index (χ2v) is 8.27. The van der Waals surface area contributed by atoms with Gasteiger partial charge < -0.3 is 4.74 Å². The minimum atomic E-state index is 0.203. The van der Waals surface area contributed by atoms with E-state index in [0.29, 0.717) is 5.25 Å². The molecule has 1 aliphatic heterocycles. The summed E-state index contributed by atoms with van der Waals surface area (Å²) >= 11 is 6.17. The molecule has 1 aliphatic carbocycles. The van der Waals surface area contributed by atoms with Crippen molar-refractivity contribution in [2.45, 2.75) is 18.1 Å². The van der Waals surface area contributed by atoms with Crippen LogP contribution in [0.1, 0.15) is 22.3 Å². The van der Waals surface area contributed by atoms with E-state index < -0.39 is 0 Å². The summed E-state index contributed by atoms with van der Waals surface area (Å²) in [6.45, 7) is 0. The average Bonchev–Trinajstić information content (AvgIpc) is 2.96. The number of fused-ring (bicyclic) bond motifs is 1. The van der Waals surface area contributed by atoms with Crippen molar-refractivity contribution < 1.29 is 9.53 Å². The molecule has 0 saturated carbocycles. The van der Waals surface area contributed by atoms with Gasteiger partial charge in [0.25, 0.3) is 0 Å². The van der Waals surface area contributed by atoms with Gasteiger partial charge in [0.15, 0.2) is 5.78 Å². The van der Waals surface area contributed by atoms with Gasteiger partial charge in [-0.25, -0.2) is 0 Å². The molecule has 0 radical (unpaired) electrons. The lowest BCUT2D eigenvalue weighted by molar-refractivity contribution is 0.102. The van der Waals surface area contributed by atoms with E-state index in [1.807, 2.05) is 41.7 Å². The minimum absolute atomic E-state index is 0.203. The zero-order valence-electron chi connectivity index (χ0n) is 11.1. The van der Waals surface area contributed by atoms with E-state index >= 15 is 0 Å². The highest BCUT2D eigenvalue weighted by atomic mass is 127. The summed E-state index contributed by atoms with van der Waals surface area (Å²) in [5.41, 5.74) is 2.92. The maximum Gasteiger partial charge on any atom is 0.191 e. The highest BCUT2D eigenvalue weighted by Crippen LogP contribution is 2.47. The van der Waals surface area contributed by atoms with Crippen LogP contribution in [0.3, 0.4) is 0 Å². The number of Topliss-reactive ketones (excluding diaryl/α,β-unsaturated/α-hetero) is 1. The van der Waals surface area contributed by atoms with Crippen LogP contribution in [0, 0.1) is 0 Å². The quantitative estimate of drug-likeness (QED) is 0.406. The lowest BCUT2D eigenvalue weighted by atomic mass is 9.87. The molecule has 106 valence electrons. The number of alkyl halides is 1. The monoisotopic (exact) mass is 418 g/mol. The van der Waals surface area contributed by atoms with Crippen molar-refractivity contribution in [3.8, 4) is 5.75 Å². The number of thioether (sulfide) groups is 2. The normalized spacial score (nSPS) is 25.7. The van der Waals surface area contributed by atoms with Crippen molar-refractivity contribution in [2.24, 2.45) is 0 Å². The Morgan fingerprint density at radius 3 is 2.95 bits per heavy atom. The number of hydrogen-bond acceptors (Lipinski definition) is 4. The van der Waals surface area contributed by atoms with Gasteiger partial charge >= 0.3 is 0 Å². The Balaban J connectivity index is 1.96. The molecule has 0 aromatic heterocycles. The summed E-state index contributed by atoms with van der Waals surface area (Å²) in [6, 6.07) is 5.78. The number of ketones is 1. The second kappa shape index (κ2) is 6.32. The fraction of sp³-hybridized carbons (Fsp3) is 0.400. The Morgan fingerprint density at radius 2 is 2.25 bits per heavy atom. The fourth-order valence-electron chi connectivity index (χ4n) is 2.57. The maximum atomic E-state index is 12.7. The molecule has 1 fully saturated rings. The molecule has 0 bridgehead atoms. The van der Waals surface area contributed by atoms with Crippen LogP contribution in [0.5, 0.6) is 5.75 Å². The first-order chi connectivity index (χ1) is 9.74. The molecule has 0 unspecified atom stereocenters. The SMILES string of the molecule is COc1cccc2c1CC/C(=C1\SC[C@H](CI)S1)C2=O. The standard InChI is InChI=1S/C15H15IO2S2/c1-18-13-4-2-3-11-10(13)5-6-12(14(11)17)15-19-8-9(7-16)20-15/h2-4,9H,5-8H2,1H3/b15-12-/t9-/m0/s1. The topological polar surface area (TPSA) is 26.3 Å². The van der Waals surface area contributed by atoms with Gasteiger partial charge in [0.1, 0.15) is 5.75 Å². The number of benzene rings is 1. The summed E-state index contributed by atoms with van der Waals surface area (Å²) in [5.74, 6) is 2.18. The molecule has 0 amide bonds.